The zero-order chi connectivity index (χ0) is 26.8. The third-order valence-corrected chi connectivity index (χ3v) is 7.29. The molecule has 0 fully saturated rings. The van der Waals surface area contributed by atoms with Gasteiger partial charge in [0.1, 0.15) is 5.58 Å². The molecule has 1 aliphatic rings. The monoisotopic (exact) mass is 575 g/mol. The number of rotatable bonds is 9. The molecule has 7 heteroatoms. The van der Waals surface area contributed by atoms with E-state index in [1.807, 2.05) is 49.4 Å². The molecule has 1 aromatic heterocycles. The van der Waals surface area contributed by atoms with Gasteiger partial charge >= 0.3 is 0 Å². The number of hydrogen-bond acceptors (Lipinski definition) is 5. The quantitative estimate of drug-likeness (QED) is 0.194. The van der Waals surface area contributed by atoms with Gasteiger partial charge in [0.2, 0.25) is 5.76 Å². The van der Waals surface area contributed by atoms with Gasteiger partial charge in [-0.3, -0.25) is 14.5 Å². The van der Waals surface area contributed by atoms with Crippen molar-refractivity contribution >= 4 is 38.5 Å². The maximum Gasteiger partial charge on any atom is 0.295 e. The van der Waals surface area contributed by atoms with E-state index in [0.717, 1.165) is 34.9 Å². The van der Waals surface area contributed by atoms with Crippen LogP contribution < -0.4 is 19.8 Å². The number of halogens is 1. The van der Waals surface area contributed by atoms with Gasteiger partial charge in [0, 0.05) is 10.2 Å². The number of hydrogen-bond donors (Lipinski definition) is 0. The molecule has 0 spiro atoms. The fraction of sp³-hybridized carbons (Fsp3) is 0.290. The summed E-state index contributed by atoms with van der Waals surface area (Å²) in [7, 11) is 0. The lowest BCUT2D eigenvalue weighted by Gasteiger charge is -2.26. The summed E-state index contributed by atoms with van der Waals surface area (Å²) in [5.41, 5.74) is 3.06. The van der Waals surface area contributed by atoms with Crippen molar-refractivity contribution < 1.29 is 18.7 Å². The van der Waals surface area contributed by atoms with E-state index in [-0.39, 0.29) is 17.1 Å². The molecule has 0 saturated heterocycles. The summed E-state index contributed by atoms with van der Waals surface area (Å²) in [6, 6.07) is 18.0. The predicted molar refractivity (Wildman–Crippen MR) is 153 cm³/mol. The lowest BCUT2D eigenvalue weighted by atomic mass is 9.97. The summed E-state index contributed by atoms with van der Waals surface area (Å²) in [5.74, 6) is 0.936. The smallest absolute Gasteiger partial charge is 0.295 e. The highest BCUT2D eigenvalue weighted by molar-refractivity contribution is 9.10. The number of ether oxygens (including phenoxy) is 2. The van der Waals surface area contributed by atoms with Gasteiger partial charge in [-0.25, -0.2) is 0 Å². The Morgan fingerprint density at radius 3 is 2.42 bits per heavy atom. The standard InChI is InChI=1S/C31H30BrNO5/c1-4-7-16-37-25-14-10-20(17-26(25)36-6-3)28-27-29(34)23-18-21(32)11-15-24(23)38-30(27)31(35)33(28)22-12-8-19(5-2)9-13-22/h8-15,17-18,28H,4-7,16H2,1-3H3. The number of unbranched alkanes of at least 4 members (excludes halogenated alkanes) is 1. The molecule has 0 bridgehead atoms. The molecular weight excluding hydrogens is 546 g/mol. The lowest BCUT2D eigenvalue weighted by Crippen LogP contribution is -2.29. The molecule has 1 unspecified atom stereocenters. The summed E-state index contributed by atoms with van der Waals surface area (Å²) < 4.78 is 18.8. The molecule has 1 aliphatic heterocycles. The molecular formula is C31H30BrNO5. The van der Waals surface area contributed by atoms with Crippen LogP contribution in [-0.2, 0) is 6.42 Å². The van der Waals surface area contributed by atoms with Gasteiger partial charge in [-0.1, -0.05) is 54.4 Å². The second-order valence-electron chi connectivity index (χ2n) is 9.25. The molecule has 4 aromatic rings. The molecule has 0 aliphatic carbocycles. The largest absolute Gasteiger partial charge is 0.490 e. The number of anilines is 1. The molecule has 3 aromatic carbocycles. The van der Waals surface area contributed by atoms with Crippen LogP contribution in [0.1, 0.15) is 66.9 Å². The van der Waals surface area contributed by atoms with Gasteiger partial charge in [0.15, 0.2) is 16.9 Å². The highest BCUT2D eigenvalue weighted by Gasteiger charge is 2.44. The SMILES string of the molecule is CCCCOc1ccc(C2c3c(oc4ccc(Br)cc4c3=O)C(=O)N2c2ccc(CC)cc2)cc1OCC. The first-order chi connectivity index (χ1) is 18.5. The average molecular weight is 576 g/mol. The first-order valence-electron chi connectivity index (χ1n) is 13.0. The van der Waals surface area contributed by atoms with Gasteiger partial charge < -0.3 is 13.9 Å². The lowest BCUT2D eigenvalue weighted by molar-refractivity contribution is 0.0971. The normalized spacial score (nSPS) is 14.7. The minimum absolute atomic E-state index is 0.0654. The van der Waals surface area contributed by atoms with Gasteiger partial charge in [-0.15, -0.1) is 0 Å². The van der Waals surface area contributed by atoms with Crippen LogP contribution in [0.4, 0.5) is 5.69 Å². The number of aryl methyl sites for hydroxylation is 1. The molecule has 0 radical (unpaired) electrons. The highest BCUT2D eigenvalue weighted by atomic mass is 79.9. The van der Waals surface area contributed by atoms with Crippen LogP contribution in [0.2, 0.25) is 0 Å². The van der Waals surface area contributed by atoms with E-state index in [2.05, 4.69) is 29.8 Å². The van der Waals surface area contributed by atoms with E-state index in [1.165, 1.54) is 0 Å². The van der Waals surface area contributed by atoms with Crippen molar-refractivity contribution in [1.29, 1.82) is 0 Å². The van der Waals surface area contributed by atoms with Crippen LogP contribution in [0.15, 0.2) is 74.3 Å². The molecule has 0 saturated carbocycles. The number of benzene rings is 3. The summed E-state index contributed by atoms with van der Waals surface area (Å²) in [5, 5.41) is 0.420. The number of fused-ring (bicyclic) bond motifs is 2. The number of amides is 1. The minimum atomic E-state index is -0.687. The summed E-state index contributed by atoms with van der Waals surface area (Å²) >= 11 is 3.45. The number of carbonyl (C=O) groups is 1. The van der Waals surface area contributed by atoms with Crippen LogP contribution in [-0.4, -0.2) is 19.1 Å². The Kier molecular flexibility index (Phi) is 7.56. The third-order valence-electron chi connectivity index (χ3n) is 6.79. The van der Waals surface area contributed by atoms with Crippen molar-refractivity contribution in [3.63, 3.8) is 0 Å². The first-order valence-corrected chi connectivity index (χ1v) is 13.8. The Bertz CT molecular complexity index is 1540. The van der Waals surface area contributed by atoms with E-state index in [4.69, 9.17) is 13.9 Å². The molecule has 38 heavy (non-hydrogen) atoms. The van der Waals surface area contributed by atoms with Crippen molar-refractivity contribution in [1.82, 2.24) is 0 Å². The van der Waals surface area contributed by atoms with E-state index in [0.29, 0.717) is 46.9 Å². The topological polar surface area (TPSA) is 69.0 Å². The summed E-state index contributed by atoms with van der Waals surface area (Å²) in [6.07, 6.45) is 2.84. The van der Waals surface area contributed by atoms with E-state index >= 15 is 0 Å². The zero-order valence-corrected chi connectivity index (χ0v) is 23.3. The Morgan fingerprint density at radius 1 is 0.921 bits per heavy atom. The minimum Gasteiger partial charge on any atom is -0.490 e. The summed E-state index contributed by atoms with van der Waals surface area (Å²) in [4.78, 5) is 29.4. The van der Waals surface area contributed by atoms with Crippen LogP contribution in [0.5, 0.6) is 11.5 Å². The first kappa shape index (κ1) is 26.0. The molecule has 1 amide bonds. The number of carbonyl (C=O) groups excluding carboxylic acids is 1. The maximum absolute atomic E-state index is 13.9. The van der Waals surface area contributed by atoms with Crippen LogP contribution in [0.25, 0.3) is 11.0 Å². The van der Waals surface area contributed by atoms with E-state index in [9.17, 15) is 9.59 Å². The maximum atomic E-state index is 13.9. The summed E-state index contributed by atoms with van der Waals surface area (Å²) in [6.45, 7) is 7.15. The van der Waals surface area contributed by atoms with Crippen molar-refractivity contribution in [3.05, 3.63) is 97.8 Å². The van der Waals surface area contributed by atoms with Crippen molar-refractivity contribution in [2.24, 2.45) is 0 Å². The molecule has 0 N–H and O–H groups in total. The number of nitrogens with zero attached hydrogens (tertiary/aromatic N) is 1. The fourth-order valence-corrected chi connectivity index (χ4v) is 5.19. The molecule has 1 atom stereocenters. The van der Waals surface area contributed by atoms with Gasteiger partial charge in [0.05, 0.1) is 30.2 Å². The second kappa shape index (κ2) is 11.0. The van der Waals surface area contributed by atoms with Gasteiger partial charge in [-0.2, -0.15) is 0 Å². The van der Waals surface area contributed by atoms with Crippen LogP contribution >= 0.6 is 15.9 Å². The molecule has 5 rings (SSSR count). The average Bonchev–Trinajstić information content (AvgIpc) is 3.22. The Balaban J connectivity index is 1.71. The van der Waals surface area contributed by atoms with Crippen LogP contribution in [0.3, 0.4) is 0 Å². The molecule has 196 valence electrons. The Morgan fingerprint density at radius 2 is 1.71 bits per heavy atom. The van der Waals surface area contributed by atoms with E-state index < -0.39 is 6.04 Å². The van der Waals surface area contributed by atoms with Gasteiger partial charge in [-0.05, 0) is 73.4 Å². The van der Waals surface area contributed by atoms with Crippen molar-refractivity contribution in [2.75, 3.05) is 18.1 Å². The van der Waals surface area contributed by atoms with Crippen LogP contribution in [0, 0.1) is 0 Å². The second-order valence-corrected chi connectivity index (χ2v) is 10.2. The fourth-order valence-electron chi connectivity index (χ4n) is 4.83. The molecule has 6 nitrogen and oxygen atoms in total. The van der Waals surface area contributed by atoms with E-state index in [1.54, 1.807) is 23.1 Å². The highest BCUT2D eigenvalue weighted by Crippen LogP contribution is 2.43. The van der Waals surface area contributed by atoms with Gasteiger partial charge in [0.25, 0.3) is 5.91 Å². The Hall–Kier alpha value is -3.58. The molecule has 2 heterocycles. The Labute approximate surface area is 230 Å². The van der Waals surface area contributed by atoms with Crippen molar-refractivity contribution in [3.8, 4) is 11.5 Å². The predicted octanol–water partition coefficient (Wildman–Crippen LogP) is 7.45. The van der Waals surface area contributed by atoms with Crippen molar-refractivity contribution in [2.45, 2.75) is 46.1 Å². The third kappa shape index (κ3) is 4.71. The zero-order valence-electron chi connectivity index (χ0n) is 21.8.